The van der Waals surface area contributed by atoms with E-state index in [1.165, 1.54) is 7.11 Å². The van der Waals surface area contributed by atoms with Gasteiger partial charge in [0, 0.05) is 30.0 Å². The number of alkyl halides is 3. The van der Waals surface area contributed by atoms with Crippen LogP contribution in [0.3, 0.4) is 0 Å². The summed E-state index contributed by atoms with van der Waals surface area (Å²) >= 11 is 0. The Kier molecular flexibility index (Phi) is 5.59. The standard InChI is InChI=1S/C26H23F3N4O2/c1-25(34,26(27,28)29)21-13-30-23(17-7-5-8-19(12-17)35-2)24(32-21)18-14-33(15-18)22-11-10-16-6-3-4-9-20(16)31-22/h3-13,18,34H,14-15H2,1-2H3. The minimum Gasteiger partial charge on any atom is -0.497 e. The molecule has 0 saturated carbocycles. The molecule has 5 rings (SSSR count). The smallest absolute Gasteiger partial charge is 0.422 e. The van der Waals surface area contributed by atoms with E-state index in [9.17, 15) is 18.3 Å². The van der Waals surface area contributed by atoms with Gasteiger partial charge in [-0.1, -0.05) is 30.3 Å². The molecule has 0 amide bonds. The molecule has 0 spiro atoms. The summed E-state index contributed by atoms with van der Waals surface area (Å²) in [5.41, 5.74) is -1.25. The molecule has 3 heterocycles. The maximum Gasteiger partial charge on any atom is 0.422 e. The van der Waals surface area contributed by atoms with Gasteiger partial charge in [0.1, 0.15) is 11.6 Å². The Balaban J connectivity index is 1.51. The van der Waals surface area contributed by atoms with E-state index in [2.05, 4.69) is 9.97 Å². The summed E-state index contributed by atoms with van der Waals surface area (Å²) in [6, 6.07) is 18.8. The van der Waals surface area contributed by atoms with Crippen LogP contribution in [0.15, 0.2) is 66.9 Å². The number of pyridine rings is 1. The number of fused-ring (bicyclic) bond motifs is 1. The van der Waals surface area contributed by atoms with Crippen molar-refractivity contribution in [2.75, 3.05) is 25.1 Å². The van der Waals surface area contributed by atoms with Crippen molar-refractivity contribution in [3.05, 3.63) is 78.2 Å². The van der Waals surface area contributed by atoms with E-state index in [1.54, 1.807) is 24.3 Å². The van der Waals surface area contributed by atoms with Crippen molar-refractivity contribution >= 4 is 16.7 Å². The first-order valence-electron chi connectivity index (χ1n) is 11.1. The maximum absolute atomic E-state index is 13.5. The SMILES string of the molecule is COc1cccc(-c2ncc(C(C)(O)C(F)(F)F)nc2C2CN(c3ccc4ccccc4n3)C2)c1. The first-order valence-corrected chi connectivity index (χ1v) is 11.1. The fourth-order valence-electron chi connectivity index (χ4n) is 4.13. The summed E-state index contributed by atoms with van der Waals surface area (Å²) in [6.07, 6.45) is -3.90. The molecule has 1 saturated heterocycles. The number of hydrogen-bond donors (Lipinski definition) is 1. The average molecular weight is 480 g/mol. The summed E-state index contributed by atoms with van der Waals surface area (Å²) < 4.78 is 45.9. The number of aliphatic hydroxyl groups is 1. The second-order valence-electron chi connectivity index (χ2n) is 8.76. The molecule has 0 radical (unpaired) electrons. The molecular formula is C26H23F3N4O2. The van der Waals surface area contributed by atoms with Gasteiger partial charge in [0.25, 0.3) is 0 Å². The first kappa shape index (κ1) is 23.0. The van der Waals surface area contributed by atoms with Crippen LogP contribution in [0, 0.1) is 0 Å². The van der Waals surface area contributed by atoms with Gasteiger partial charge in [-0.2, -0.15) is 13.2 Å². The van der Waals surface area contributed by atoms with Gasteiger partial charge in [-0.3, -0.25) is 9.97 Å². The number of hydrogen-bond acceptors (Lipinski definition) is 6. The Morgan fingerprint density at radius 2 is 1.77 bits per heavy atom. The zero-order valence-electron chi connectivity index (χ0n) is 19.1. The predicted molar refractivity (Wildman–Crippen MR) is 126 cm³/mol. The van der Waals surface area contributed by atoms with Crippen LogP contribution < -0.4 is 9.64 Å². The van der Waals surface area contributed by atoms with Crippen LogP contribution >= 0.6 is 0 Å². The Morgan fingerprint density at radius 3 is 2.51 bits per heavy atom. The van der Waals surface area contributed by atoms with Crippen LogP contribution in [0.4, 0.5) is 19.0 Å². The molecule has 1 fully saturated rings. The van der Waals surface area contributed by atoms with Crippen molar-refractivity contribution in [1.29, 1.82) is 0 Å². The highest BCUT2D eigenvalue weighted by molar-refractivity contribution is 5.80. The molecule has 6 nitrogen and oxygen atoms in total. The Hall–Kier alpha value is -3.72. The van der Waals surface area contributed by atoms with E-state index in [4.69, 9.17) is 9.72 Å². The third-order valence-corrected chi connectivity index (χ3v) is 6.37. The third-order valence-electron chi connectivity index (χ3n) is 6.37. The van der Waals surface area contributed by atoms with Crippen LogP contribution in [-0.2, 0) is 5.60 Å². The lowest BCUT2D eigenvalue weighted by Gasteiger charge is -2.40. The fraction of sp³-hybridized carbons (Fsp3) is 0.269. The predicted octanol–water partition coefficient (Wildman–Crippen LogP) is 5.07. The Bertz CT molecular complexity index is 1380. The number of methoxy groups -OCH3 is 1. The van der Waals surface area contributed by atoms with Crippen molar-refractivity contribution < 1.29 is 23.0 Å². The number of benzene rings is 2. The van der Waals surface area contributed by atoms with Crippen LogP contribution in [0.1, 0.15) is 24.2 Å². The molecule has 1 atom stereocenters. The second kappa shape index (κ2) is 8.49. The van der Waals surface area contributed by atoms with E-state index < -0.39 is 17.5 Å². The van der Waals surface area contributed by atoms with Crippen molar-refractivity contribution in [2.45, 2.75) is 24.6 Å². The monoisotopic (exact) mass is 480 g/mol. The van der Waals surface area contributed by atoms with Crippen LogP contribution in [0.25, 0.3) is 22.2 Å². The van der Waals surface area contributed by atoms with Crippen molar-refractivity contribution in [1.82, 2.24) is 15.0 Å². The number of rotatable bonds is 5. The molecule has 0 aliphatic carbocycles. The topological polar surface area (TPSA) is 71.4 Å². The molecule has 1 N–H and O–H groups in total. The number of nitrogens with zero attached hydrogens (tertiary/aromatic N) is 4. The number of para-hydroxylation sites is 1. The largest absolute Gasteiger partial charge is 0.497 e. The van der Waals surface area contributed by atoms with Crippen LogP contribution in [-0.4, -0.2) is 46.4 Å². The van der Waals surface area contributed by atoms with Gasteiger partial charge in [-0.15, -0.1) is 0 Å². The summed E-state index contributed by atoms with van der Waals surface area (Å²) in [6.45, 7) is 1.71. The van der Waals surface area contributed by atoms with Gasteiger partial charge < -0.3 is 14.7 Å². The summed E-state index contributed by atoms with van der Waals surface area (Å²) in [7, 11) is 1.54. The number of ether oxygens (including phenoxy) is 1. The molecular weight excluding hydrogens is 457 g/mol. The van der Waals surface area contributed by atoms with E-state index in [0.29, 0.717) is 42.7 Å². The van der Waals surface area contributed by atoms with Gasteiger partial charge >= 0.3 is 6.18 Å². The highest BCUT2D eigenvalue weighted by Crippen LogP contribution is 2.40. The van der Waals surface area contributed by atoms with Crippen LogP contribution in [0.5, 0.6) is 5.75 Å². The summed E-state index contributed by atoms with van der Waals surface area (Å²) in [4.78, 5) is 15.4. The normalized spacial score (nSPS) is 16.1. The summed E-state index contributed by atoms with van der Waals surface area (Å²) in [5, 5.41) is 11.3. The lowest BCUT2D eigenvalue weighted by Crippen LogP contribution is -2.47. The maximum atomic E-state index is 13.5. The average Bonchev–Trinajstić information content (AvgIpc) is 2.82. The van der Waals surface area contributed by atoms with Crippen LogP contribution in [0.2, 0.25) is 0 Å². The first-order chi connectivity index (χ1) is 16.7. The molecule has 2 aromatic heterocycles. The molecule has 9 heteroatoms. The zero-order valence-corrected chi connectivity index (χ0v) is 19.1. The van der Waals surface area contributed by atoms with E-state index in [0.717, 1.165) is 22.9 Å². The number of aromatic nitrogens is 3. The molecule has 1 aliphatic heterocycles. The quantitative estimate of drug-likeness (QED) is 0.430. The molecule has 1 aliphatic rings. The molecule has 1 unspecified atom stereocenters. The summed E-state index contributed by atoms with van der Waals surface area (Å²) in [5.74, 6) is 1.19. The van der Waals surface area contributed by atoms with Gasteiger partial charge in [-0.25, -0.2) is 4.98 Å². The minimum absolute atomic E-state index is 0.194. The Morgan fingerprint density at radius 1 is 1.00 bits per heavy atom. The van der Waals surface area contributed by atoms with Gasteiger partial charge in [0.05, 0.1) is 35.9 Å². The number of halogens is 3. The molecule has 180 valence electrons. The van der Waals surface area contributed by atoms with E-state index in [-0.39, 0.29) is 5.92 Å². The van der Waals surface area contributed by atoms with Crippen molar-refractivity contribution in [3.8, 4) is 17.0 Å². The zero-order chi connectivity index (χ0) is 24.8. The van der Waals surface area contributed by atoms with Gasteiger partial charge in [-0.05, 0) is 37.3 Å². The second-order valence-corrected chi connectivity index (χ2v) is 8.76. The van der Waals surface area contributed by atoms with Crippen molar-refractivity contribution in [3.63, 3.8) is 0 Å². The van der Waals surface area contributed by atoms with E-state index in [1.807, 2.05) is 41.3 Å². The molecule has 35 heavy (non-hydrogen) atoms. The molecule has 4 aromatic rings. The van der Waals surface area contributed by atoms with Gasteiger partial charge in [0.15, 0.2) is 0 Å². The molecule has 0 bridgehead atoms. The van der Waals surface area contributed by atoms with Crippen molar-refractivity contribution in [2.24, 2.45) is 0 Å². The molecule has 2 aromatic carbocycles. The number of anilines is 1. The lowest BCUT2D eigenvalue weighted by molar-refractivity contribution is -0.260. The highest BCUT2D eigenvalue weighted by Gasteiger charge is 2.53. The highest BCUT2D eigenvalue weighted by atomic mass is 19.4. The fourth-order valence-corrected chi connectivity index (χ4v) is 4.13. The van der Waals surface area contributed by atoms with Gasteiger partial charge in [0.2, 0.25) is 5.60 Å². The third kappa shape index (κ3) is 4.16. The lowest BCUT2D eigenvalue weighted by atomic mass is 9.91. The minimum atomic E-state index is -4.89. The van der Waals surface area contributed by atoms with E-state index >= 15 is 0 Å². The Labute approximate surface area is 200 Å².